The van der Waals surface area contributed by atoms with Crippen LogP contribution >= 0.6 is 0 Å². The van der Waals surface area contributed by atoms with Crippen molar-refractivity contribution in [3.8, 4) is 0 Å². The predicted molar refractivity (Wildman–Crippen MR) is 169 cm³/mol. The second-order valence-corrected chi connectivity index (χ2v) is 12.4. The number of nitrogens with one attached hydrogen (secondary N) is 4. The first kappa shape index (κ1) is 31.0. The van der Waals surface area contributed by atoms with Crippen molar-refractivity contribution in [3.63, 3.8) is 0 Å². The van der Waals surface area contributed by atoms with Crippen molar-refractivity contribution in [3.05, 3.63) is 60.7 Å². The third-order valence-corrected chi connectivity index (χ3v) is 9.96. The smallest absolute Gasteiger partial charge is 0.328 e. The maximum atomic E-state index is 13.2. The average molecular weight is 633 g/mol. The summed E-state index contributed by atoms with van der Waals surface area (Å²) in [7, 11) is 0. The highest BCUT2D eigenvalue weighted by molar-refractivity contribution is 5.95. The summed E-state index contributed by atoms with van der Waals surface area (Å²) in [5, 5.41) is 21.2. The number of rotatable bonds is 6. The Balaban J connectivity index is 1.03. The van der Waals surface area contributed by atoms with E-state index in [0.717, 1.165) is 11.4 Å². The van der Waals surface area contributed by atoms with Crippen LogP contribution in [0.1, 0.15) is 32.6 Å². The van der Waals surface area contributed by atoms with E-state index in [4.69, 9.17) is 0 Å². The van der Waals surface area contributed by atoms with Gasteiger partial charge in [-0.2, -0.15) is 0 Å². The first-order valence-electron chi connectivity index (χ1n) is 15.7. The van der Waals surface area contributed by atoms with Gasteiger partial charge in [-0.3, -0.25) is 9.59 Å². The lowest BCUT2D eigenvalue weighted by Gasteiger charge is -2.44. The van der Waals surface area contributed by atoms with Crippen LogP contribution in [0, 0.1) is 0 Å². The predicted octanol–water partition coefficient (Wildman–Crippen LogP) is 1.10. The lowest BCUT2D eigenvalue weighted by Crippen LogP contribution is -2.62. The number of urea groups is 2. The first-order chi connectivity index (χ1) is 22.1. The van der Waals surface area contributed by atoms with Crippen molar-refractivity contribution < 1.29 is 29.1 Å². The molecular formula is C32H40N8O6. The molecule has 2 spiro atoms. The van der Waals surface area contributed by atoms with Gasteiger partial charge in [-0.1, -0.05) is 36.4 Å². The zero-order valence-corrected chi connectivity index (χ0v) is 25.8. The minimum atomic E-state index is -1.38. The highest BCUT2D eigenvalue weighted by atomic mass is 16.4. The summed E-state index contributed by atoms with van der Waals surface area (Å²) < 4.78 is 0. The van der Waals surface area contributed by atoms with Crippen molar-refractivity contribution in [1.82, 2.24) is 31.1 Å². The quantitative estimate of drug-likeness (QED) is 0.316. The SMILES string of the molecule is CC(NC(=O)N1CCC2(CC1)C(=O)NCN2c1ccccc1)C(NC(=O)N1CCC2(CC1)C(=O)NCN2c1ccccc1)C(=O)O. The average Bonchev–Trinajstić information content (AvgIpc) is 3.55. The Labute approximate surface area is 267 Å². The summed E-state index contributed by atoms with van der Waals surface area (Å²) in [6.07, 6.45) is 1.62. The largest absolute Gasteiger partial charge is 0.480 e. The van der Waals surface area contributed by atoms with Crippen molar-refractivity contribution in [2.75, 3.05) is 49.3 Å². The number of carboxylic acids is 1. The van der Waals surface area contributed by atoms with Crippen LogP contribution in [0.5, 0.6) is 0 Å². The molecule has 0 aliphatic carbocycles. The molecule has 0 saturated carbocycles. The van der Waals surface area contributed by atoms with Gasteiger partial charge < -0.3 is 46.0 Å². The van der Waals surface area contributed by atoms with Gasteiger partial charge in [0.1, 0.15) is 17.1 Å². The molecule has 0 bridgehead atoms. The Morgan fingerprint density at radius 3 is 1.48 bits per heavy atom. The Morgan fingerprint density at radius 2 is 1.09 bits per heavy atom. The Hall–Kier alpha value is -5.01. The number of carbonyl (C=O) groups excluding carboxylic acids is 4. The molecule has 46 heavy (non-hydrogen) atoms. The summed E-state index contributed by atoms with van der Waals surface area (Å²) in [5.41, 5.74) is 0.302. The molecule has 2 atom stereocenters. The number of piperidine rings is 2. The fourth-order valence-electron chi connectivity index (χ4n) is 7.22. The summed E-state index contributed by atoms with van der Waals surface area (Å²) in [6.45, 7) is 3.45. The summed E-state index contributed by atoms with van der Waals surface area (Å²) in [4.78, 5) is 71.8. The van der Waals surface area contributed by atoms with E-state index in [1.165, 1.54) is 11.8 Å². The van der Waals surface area contributed by atoms with Gasteiger partial charge in [0, 0.05) is 37.6 Å². The molecule has 6 amide bonds. The van der Waals surface area contributed by atoms with Gasteiger partial charge in [0.25, 0.3) is 0 Å². The van der Waals surface area contributed by atoms with Crippen LogP contribution in [0.2, 0.25) is 0 Å². The molecule has 4 fully saturated rings. The number of benzene rings is 2. The lowest BCUT2D eigenvalue weighted by molar-refractivity contribution is -0.139. The molecule has 14 nitrogen and oxygen atoms in total. The molecule has 6 rings (SSSR count). The third-order valence-electron chi connectivity index (χ3n) is 9.96. The Kier molecular flexibility index (Phi) is 8.36. The fraction of sp³-hybridized carbons (Fsp3) is 0.469. The van der Waals surface area contributed by atoms with Crippen LogP contribution in [-0.2, 0) is 14.4 Å². The molecule has 4 aliphatic heterocycles. The van der Waals surface area contributed by atoms with E-state index in [-0.39, 0.29) is 24.9 Å². The molecule has 2 unspecified atom stereocenters. The van der Waals surface area contributed by atoms with Crippen LogP contribution in [0.25, 0.3) is 0 Å². The van der Waals surface area contributed by atoms with Gasteiger partial charge in [-0.25, -0.2) is 14.4 Å². The number of amides is 6. The molecule has 2 aromatic carbocycles. The van der Waals surface area contributed by atoms with Crippen LogP contribution in [0.4, 0.5) is 21.0 Å². The van der Waals surface area contributed by atoms with Gasteiger partial charge in [0.05, 0.1) is 19.4 Å². The van der Waals surface area contributed by atoms with E-state index in [2.05, 4.69) is 21.3 Å². The number of aliphatic carboxylic acids is 1. The standard InChI is InChI=1S/C32H40N8O6/c1-22(35-29(45)37-16-12-31(13-17-37)27(43)33-20-39(31)23-8-4-2-5-9-23)25(26(41)42)36-30(46)38-18-14-32(15-19-38)28(44)34-21-40(32)24-10-6-3-7-11-24/h2-11,22,25H,12-21H2,1H3,(H,33,43)(H,34,44)(H,35,45)(H,36,46)(H,41,42). The van der Waals surface area contributed by atoms with Crippen molar-refractivity contribution in [2.45, 2.75) is 55.8 Å². The lowest BCUT2D eigenvalue weighted by atomic mass is 9.85. The molecule has 4 saturated heterocycles. The molecule has 2 aromatic rings. The number of likely N-dealkylation sites (tertiary alicyclic amines) is 2. The normalized spacial score (nSPS) is 21.5. The molecule has 0 radical (unpaired) electrons. The van der Waals surface area contributed by atoms with E-state index in [1.54, 1.807) is 4.90 Å². The maximum absolute atomic E-state index is 13.2. The molecule has 5 N–H and O–H groups in total. The van der Waals surface area contributed by atoms with Crippen molar-refractivity contribution >= 4 is 41.2 Å². The number of para-hydroxylation sites is 2. The van der Waals surface area contributed by atoms with Gasteiger partial charge in [-0.15, -0.1) is 0 Å². The van der Waals surface area contributed by atoms with E-state index < -0.39 is 41.2 Å². The third kappa shape index (κ3) is 5.52. The highest BCUT2D eigenvalue weighted by Gasteiger charge is 2.52. The molecule has 4 aliphatic rings. The van der Waals surface area contributed by atoms with Gasteiger partial charge in [-0.05, 0) is 56.9 Å². The van der Waals surface area contributed by atoms with E-state index in [0.29, 0.717) is 52.1 Å². The monoisotopic (exact) mass is 632 g/mol. The fourth-order valence-corrected chi connectivity index (χ4v) is 7.22. The topological polar surface area (TPSA) is 167 Å². The maximum Gasteiger partial charge on any atom is 0.328 e. The van der Waals surface area contributed by atoms with Gasteiger partial charge >= 0.3 is 18.0 Å². The van der Waals surface area contributed by atoms with E-state index in [9.17, 15) is 29.1 Å². The molecule has 0 aromatic heterocycles. The number of carbonyl (C=O) groups is 5. The number of anilines is 2. The van der Waals surface area contributed by atoms with Crippen molar-refractivity contribution in [2.24, 2.45) is 0 Å². The minimum absolute atomic E-state index is 0.0663. The van der Waals surface area contributed by atoms with E-state index in [1.807, 2.05) is 70.5 Å². The molecule has 244 valence electrons. The number of hydrogen-bond acceptors (Lipinski definition) is 7. The van der Waals surface area contributed by atoms with Crippen LogP contribution in [-0.4, -0.2) is 107 Å². The zero-order valence-electron chi connectivity index (χ0n) is 25.8. The Morgan fingerprint density at radius 1 is 0.696 bits per heavy atom. The number of hydrogen-bond donors (Lipinski definition) is 5. The summed E-state index contributed by atoms with van der Waals surface area (Å²) >= 11 is 0. The molecule has 14 heteroatoms. The van der Waals surface area contributed by atoms with Gasteiger partial charge in [0.2, 0.25) is 11.8 Å². The second kappa shape index (κ2) is 12.4. The van der Waals surface area contributed by atoms with Crippen molar-refractivity contribution in [1.29, 1.82) is 0 Å². The second-order valence-electron chi connectivity index (χ2n) is 12.4. The summed E-state index contributed by atoms with van der Waals surface area (Å²) in [6, 6.07) is 16.0. The van der Waals surface area contributed by atoms with E-state index >= 15 is 0 Å². The van der Waals surface area contributed by atoms with Gasteiger partial charge in [0.15, 0.2) is 0 Å². The van der Waals surface area contributed by atoms with Crippen LogP contribution < -0.4 is 31.1 Å². The number of carboxylic acid groups (broad SMARTS) is 1. The Bertz CT molecular complexity index is 1470. The minimum Gasteiger partial charge on any atom is -0.480 e. The van der Waals surface area contributed by atoms with Crippen LogP contribution in [0.15, 0.2) is 60.7 Å². The highest BCUT2D eigenvalue weighted by Crippen LogP contribution is 2.37. The zero-order chi connectivity index (χ0) is 32.5. The molecular weight excluding hydrogens is 592 g/mol. The summed E-state index contributed by atoms with van der Waals surface area (Å²) in [5.74, 6) is -1.43. The molecule has 4 heterocycles. The first-order valence-corrected chi connectivity index (χ1v) is 15.7. The number of nitrogens with zero attached hydrogens (tertiary/aromatic N) is 4. The van der Waals surface area contributed by atoms with Crippen LogP contribution in [0.3, 0.4) is 0 Å².